The lowest BCUT2D eigenvalue weighted by atomic mass is 10.1. The first-order valence-corrected chi connectivity index (χ1v) is 6.76. The molecule has 1 amide bonds. The fourth-order valence-electron chi connectivity index (χ4n) is 2.53. The van der Waals surface area contributed by atoms with Crippen molar-refractivity contribution in [2.24, 2.45) is 4.99 Å². The van der Waals surface area contributed by atoms with Crippen LogP contribution in [0.4, 0.5) is 0 Å². The van der Waals surface area contributed by atoms with Gasteiger partial charge in [0, 0.05) is 38.0 Å². The average molecular weight is 258 g/mol. The van der Waals surface area contributed by atoms with Crippen LogP contribution in [0.15, 0.2) is 17.3 Å². The number of rotatable bonds is 2. The Labute approximate surface area is 112 Å². The minimum atomic E-state index is 0.0934. The summed E-state index contributed by atoms with van der Waals surface area (Å²) in [6.07, 6.45) is 7.54. The number of hydrogen-bond donors (Lipinski definition) is 0. The predicted octanol–water partition coefficient (Wildman–Crippen LogP) is 1.61. The number of aliphatic imine (C=N–C) groups is 1. The molecular weight excluding hydrogens is 240 g/mol. The minimum absolute atomic E-state index is 0.0934. The number of fused-ring (bicyclic) bond motifs is 1. The van der Waals surface area contributed by atoms with Crippen molar-refractivity contribution in [1.29, 1.82) is 0 Å². The molecular formula is C14H18N4O. The van der Waals surface area contributed by atoms with E-state index in [9.17, 15) is 4.79 Å². The van der Waals surface area contributed by atoms with Crippen LogP contribution in [0, 0.1) is 0 Å². The first kappa shape index (κ1) is 12.1. The Morgan fingerprint density at radius 1 is 1.37 bits per heavy atom. The van der Waals surface area contributed by atoms with E-state index in [1.165, 1.54) is 0 Å². The van der Waals surface area contributed by atoms with Crippen LogP contribution >= 0.6 is 0 Å². The second kappa shape index (κ2) is 4.64. The summed E-state index contributed by atoms with van der Waals surface area (Å²) >= 11 is 0. The predicted molar refractivity (Wildman–Crippen MR) is 74.4 cm³/mol. The summed E-state index contributed by atoms with van der Waals surface area (Å²) in [5.41, 5.74) is 2.60. The quantitative estimate of drug-likeness (QED) is 0.809. The Kier molecular flexibility index (Phi) is 2.97. The van der Waals surface area contributed by atoms with E-state index < -0.39 is 0 Å². The molecule has 100 valence electrons. The van der Waals surface area contributed by atoms with E-state index in [4.69, 9.17) is 0 Å². The Hall–Kier alpha value is -1.91. The zero-order chi connectivity index (χ0) is 13.4. The molecule has 2 aliphatic rings. The van der Waals surface area contributed by atoms with E-state index in [1.54, 1.807) is 4.68 Å². The van der Waals surface area contributed by atoms with Crippen molar-refractivity contribution in [2.45, 2.75) is 32.7 Å². The minimum Gasteiger partial charge on any atom is -0.336 e. The molecule has 0 bridgehead atoms. The van der Waals surface area contributed by atoms with Crippen LogP contribution in [0.25, 0.3) is 5.70 Å². The molecule has 0 unspecified atom stereocenters. The van der Waals surface area contributed by atoms with Gasteiger partial charge in [0.1, 0.15) is 0 Å². The molecule has 3 heterocycles. The molecule has 0 aliphatic carbocycles. The average Bonchev–Trinajstić information content (AvgIpc) is 2.85. The largest absolute Gasteiger partial charge is 0.336 e. The summed E-state index contributed by atoms with van der Waals surface area (Å²) in [5, 5.41) is 4.53. The van der Waals surface area contributed by atoms with Gasteiger partial charge in [0.15, 0.2) is 0 Å². The highest BCUT2D eigenvalue weighted by Crippen LogP contribution is 2.21. The molecule has 3 rings (SSSR count). The van der Waals surface area contributed by atoms with Gasteiger partial charge in [0.2, 0.25) is 0 Å². The standard InChI is InChI=1S/C14H18N4O/c1-10(2)17-7-5-13-12(14(17)19)9-18(16-13)11-4-3-6-15-8-11/h4,8-10H,3,5-7H2,1-2H3. The fourth-order valence-corrected chi connectivity index (χ4v) is 2.53. The Balaban J connectivity index is 1.94. The zero-order valence-electron chi connectivity index (χ0n) is 11.3. The van der Waals surface area contributed by atoms with Crippen LogP contribution in [0.2, 0.25) is 0 Å². The van der Waals surface area contributed by atoms with Gasteiger partial charge < -0.3 is 4.90 Å². The highest BCUT2D eigenvalue weighted by atomic mass is 16.2. The maximum Gasteiger partial charge on any atom is 0.257 e. The molecule has 0 spiro atoms. The van der Waals surface area contributed by atoms with Crippen molar-refractivity contribution in [3.8, 4) is 0 Å². The number of dihydropyridines is 1. The highest BCUT2D eigenvalue weighted by molar-refractivity contribution is 6.03. The molecule has 0 atom stereocenters. The number of carbonyl (C=O) groups is 1. The van der Waals surface area contributed by atoms with Crippen molar-refractivity contribution in [3.05, 3.63) is 23.5 Å². The van der Waals surface area contributed by atoms with Crippen molar-refractivity contribution >= 4 is 17.8 Å². The van der Waals surface area contributed by atoms with Crippen LogP contribution in [0.5, 0.6) is 0 Å². The van der Waals surface area contributed by atoms with Crippen LogP contribution in [-0.4, -0.2) is 45.9 Å². The van der Waals surface area contributed by atoms with Crippen LogP contribution in [0.3, 0.4) is 0 Å². The van der Waals surface area contributed by atoms with Crippen molar-refractivity contribution < 1.29 is 4.79 Å². The molecule has 19 heavy (non-hydrogen) atoms. The first-order valence-electron chi connectivity index (χ1n) is 6.76. The Bertz CT molecular complexity index is 568. The summed E-state index contributed by atoms with van der Waals surface area (Å²) < 4.78 is 1.79. The van der Waals surface area contributed by atoms with E-state index in [0.29, 0.717) is 0 Å². The molecule has 0 radical (unpaired) electrons. The van der Waals surface area contributed by atoms with E-state index in [2.05, 4.69) is 16.2 Å². The van der Waals surface area contributed by atoms with Crippen molar-refractivity contribution in [1.82, 2.24) is 14.7 Å². The van der Waals surface area contributed by atoms with Gasteiger partial charge in [-0.25, -0.2) is 4.68 Å². The lowest BCUT2D eigenvalue weighted by Crippen LogP contribution is -2.41. The Morgan fingerprint density at radius 3 is 2.89 bits per heavy atom. The highest BCUT2D eigenvalue weighted by Gasteiger charge is 2.29. The van der Waals surface area contributed by atoms with Gasteiger partial charge in [-0.15, -0.1) is 0 Å². The van der Waals surface area contributed by atoms with Gasteiger partial charge in [0.05, 0.1) is 17.0 Å². The van der Waals surface area contributed by atoms with Gasteiger partial charge in [-0.3, -0.25) is 9.79 Å². The molecule has 0 saturated heterocycles. The third kappa shape index (κ3) is 2.09. The summed E-state index contributed by atoms with van der Waals surface area (Å²) in [4.78, 5) is 18.5. The lowest BCUT2D eigenvalue weighted by molar-refractivity contribution is 0.0688. The molecule has 1 aromatic rings. The Morgan fingerprint density at radius 2 is 2.21 bits per heavy atom. The summed E-state index contributed by atoms with van der Waals surface area (Å²) in [6, 6.07) is 0.236. The molecule has 0 fully saturated rings. The summed E-state index contributed by atoms with van der Waals surface area (Å²) in [6.45, 7) is 5.69. The van der Waals surface area contributed by atoms with E-state index in [1.807, 2.05) is 31.2 Å². The van der Waals surface area contributed by atoms with Crippen LogP contribution < -0.4 is 0 Å². The number of allylic oxidation sites excluding steroid dienone is 1. The van der Waals surface area contributed by atoms with Crippen LogP contribution in [0.1, 0.15) is 36.3 Å². The number of hydrogen-bond acceptors (Lipinski definition) is 3. The monoisotopic (exact) mass is 258 g/mol. The van der Waals surface area contributed by atoms with Gasteiger partial charge in [0.25, 0.3) is 5.91 Å². The molecule has 5 heteroatoms. The zero-order valence-corrected chi connectivity index (χ0v) is 11.3. The normalized spacial score (nSPS) is 18.8. The number of aromatic nitrogens is 2. The smallest absolute Gasteiger partial charge is 0.257 e. The maximum atomic E-state index is 12.4. The van der Waals surface area contributed by atoms with Gasteiger partial charge >= 0.3 is 0 Å². The molecule has 2 aliphatic heterocycles. The molecule has 1 aromatic heterocycles. The van der Waals surface area contributed by atoms with E-state index in [0.717, 1.165) is 42.9 Å². The van der Waals surface area contributed by atoms with Gasteiger partial charge in [-0.1, -0.05) is 6.08 Å². The third-order valence-corrected chi connectivity index (χ3v) is 3.59. The molecule has 0 aromatic carbocycles. The van der Waals surface area contributed by atoms with Crippen molar-refractivity contribution in [3.63, 3.8) is 0 Å². The SMILES string of the molecule is CC(C)N1CCc2nn(C3=CCCN=C3)cc2C1=O. The third-order valence-electron chi connectivity index (χ3n) is 3.59. The number of nitrogens with zero attached hydrogens (tertiary/aromatic N) is 4. The molecule has 0 saturated carbocycles. The van der Waals surface area contributed by atoms with Gasteiger partial charge in [-0.05, 0) is 20.3 Å². The summed E-state index contributed by atoms with van der Waals surface area (Å²) in [5.74, 6) is 0.0934. The van der Waals surface area contributed by atoms with Crippen LogP contribution in [-0.2, 0) is 6.42 Å². The summed E-state index contributed by atoms with van der Waals surface area (Å²) in [7, 11) is 0. The second-order valence-corrected chi connectivity index (χ2v) is 5.23. The topological polar surface area (TPSA) is 50.5 Å². The van der Waals surface area contributed by atoms with Crippen molar-refractivity contribution in [2.75, 3.05) is 13.1 Å². The number of carbonyl (C=O) groups excluding carboxylic acids is 1. The van der Waals surface area contributed by atoms with Gasteiger partial charge in [-0.2, -0.15) is 5.10 Å². The fraction of sp³-hybridized carbons (Fsp3) is 0.500. The lowest BCUT2D eigenvalue weighted by Gasteiger charge is -2.29. The van der Waals surface area contributed by atoms with E-state index in [-0.39, 0.29) is 11.9 Å². The second-order valence-electron chi connectivity index (χ2n) is 5.23. The number of amides is 1. The molecule has 0 N–H and O–H groups in total. The first-order chi connectivity index (χ1) is 9.16. The van der Waals surface area contributed by atoms with E-state index >= 15 is 0 Å². The maximum absolute atomic E-state index is 12.4. The molecule has 5 nitrogen and oxygen atoms in total.